The van der Waals surface area contributed by atoms with Crippen LogP contribution in [-0.2, 0) is 9.59 Å². The van der Waals surface area contributed by atoms with E-state index in [9.17, 15) is 9.59 Å². The standard InChI is InChI=1S/C16H21N3O4/c1-2-22-13-6-3-4-7-14(13)23-12-16(21)19-11-5-10-18-15(20)8-9-17/h3-4,6-7H,2,5,8,10-12H2,1H3,(H,18,20)(H,19,21). The van der Waals surface area contributed by atoms with Crippen LogP contribution in [0.4, 0.5) is 0 Å². The molecule has 2 amide bonds. The Morgan fingerprint density at radius 2 is 1.70 bits per heavy atom. The summed E-state index contributed by atoms with van der Waals surface area (Å²) < 4.78 is 10.8. The molecular formula is C16H21N3O4. The van der Waals surface area contributed by atoms with E-state index >= 15 is 0 Å². The quantitative estimate of drug-likeness (QED) is 0.627. The minimum absolute atomic E-state index is 0.106. The van der Waals surface area contributed by atoms with Gasteiger partial charge in [0.1, 0.15) is 6.42 Å². The lowest BCUT2D eigenvalue weighted by atomic mass is 10.3. The molecule has 1 aromatic rings. The smallest absolute Gasteiger partial charge is 0.257 e. The lowest BCUT2D eigenvalue weighted by Gasteiger charge is -2.11. The molecule has 2 N–H and O–H groups in total. The zero-order chi connectivity index (χ0) is 16.9. The van der Waals surface area contributed by atoms with Crippen molar-refractivity contribution in [1.29, 1.82) is 5.26 Å². The van der Waals surface area contributed by atoms with Crippen LogP contribution in [0.15, 0.2) is 24.3 Å². The van der Waals surface area contributed by atoms with Gasteiger partial charge in [0.15, 0.2) is 18.1 Å². The van der Waals surface area contributed by atoms with Crippen molar-refractivity contribution in [2.24, 2.45) is 0 Å². The molecule has 0 aliphatic rings. The fraction of sp³-hybridized carbons (Fsp3) is 0.438. The number of carbonyl (C=O) groups excluding carboxylic acids is 2. The van der Waals surface area contributed by atoms with Gasteiger partial charge in [-0.15, -0.1) is 0 Å². The number of nitrogens with zero attached hydrogens (tertiary/aromatic N) is 1. The highest BCUT2D eigenvalue weighted by atomic mass is 16.5. The van der Waals surface area contributed by atoms with E-state index < -0.39 is 0 Å². The molecule has 7 heteroatoms. The van der Waals surface area contributed by atoms with E-state index in [0.717, 1.165) is 0 Å². The zero-order valence-corrected chi connectivity index (χ0v) is 13.1. The van der Waals surface area contributed by atoms with Crippen molar-refractivity contribution < 1.29 is 19.1 Å². The van der Waals surface area contributed by atoms with Crippen LogP contribution in [0.25, 0.3) is 0 Å². The van der Waals surface area contributed by atoms with Gasteiger partial charge in [-0.1, -0.05) is 12.1 Å². The molecule has 0 aliphatic heterocycles. The fourth-order valence-electron chi connectivity index (χ4n) is 1.72. The summed E-state index contributed by atoms with van der Waals surface area (Å²) in [7, 11) is 0. The summed E-state index contributed by atoms with van der Waals surface area (Å²) >= 11 is 0. The Balaban J connectivity index is 2.20. The Kier molecular flexibility index (Phi) is 8.67. The number of nitriles is 1. The SMILES string of the molecule is CCOc1ccccc1OCC(=O)NCCCNC(=O)CC#N. The van der Waals surface area contributed by atoms with E-state index in [-0.39, 0.29) is 24.8 Å². The van der Waals surface area contributed by atoms with Gasteiger partial charge < -0.3 is 20.1 Å². The molecule has 0 radical (unpaired) electrons. The summed E-state index contributed by atoms with van der Waals surface area (Å²) in [5.41, 5.74) is 0. The second kappa shape index (κ2) is 10.9. The van der Waals surface area contributed by atoms with Gasteiger partial charge in [0.05, 0.1) is 12.7 Å². The van der Waals surface area contributed by atoms with Crippen molar-refractivity contribution in [3.05, 3.63) is 24.3 Å². The Hall–Kier alpha value is -2.75. The summed E-state index contributed by atoms with van der Waals surface area (Å²) in [5, 5.41) is 13.6. The molecule has 23 heavy (non-hydrogen) atoms. The number of hydrogen-bond acceptors (Lipinski definition) is 5. The van der Waals surface area contributed by atoms with Gasteiger partial charge in [0.25, 0.3) is 5.91 Å². The van der Waals surface area contributed by atoms with E-state index in [1.54, 1.807) is 24.3 Å². The Morgan fingerprint density at radius 3 is 2.30 bits per heavy atom. The average molecular weight is 319 g/mol. The number of carbonyl (C=O) groups is 2. The number of amides is 2. The van der Waals surface area contributed by atoms with E-state index in [4.69, 9.17) is 14.7 Å². The maximum Gasteiger partial charge on any atom is 0.257 e. The molecular weight excluding hydrogens is 298 g/mol. The van der Waals surface area contributed by atoms with E-state index in [0.29, 0.717) is 37.6 Å². The summed E-state index contributed by atoms with van der Waals surface area (Å²) in [6, 6.07) is 8.92. The minimum atomic E-state index is -0.310. The minimum Gasteiger partial charge on any atom is -0.490 e. The monoisotopic (exact) mass is 319 g/mol. The van der Waals surface area contributed by atoms with Crippen molar-refractivity contribution in [1.82, 2.24) is 10.6 Å². The van der Waals surface area contributed by atoms with Gasteiger partial charge in [-0.25, -0.2) is 0 Å². The van der Waals surface area contributed by atoms with E-state index in [1.165, 1.54) is 0 Å². The van der Waals surface area contributed by atoms with Crippen LogP contribution in [0.3, 0.4) is 0 Å². The summed E-state index contributed by atoms with van der Waals surface area (Å²) in [6.45, 7) is 3.12. The fourth-order valence-corrected chi connectivity index (χ4v) is 1.72. The molecule has 0 aromatic heterocycles. The highest BCUT2D eigenvalue weighted by Gasteiger charge is 2.07. The van der Waals surface area contributed by atoms with Gasteiger partial charge in [0, 0.05) is 13.1 Å². The molecule has 0 bridgehead atoms. The van der Waals surface area contributed by atoms with E-state index in [2.05, 4.69) is 10.6 Å². The number of rotatable bonds is 10. The van der Waals surface area contributed by atoms with Crippen molar-refractivity contribution in [3.63, 3.8) is 0 Å². The first-order valence-electron chi connectivity index (χ1n) is 7.42. The second-order valence-electron chi connectivity index (χ2n) is 4.56. The normalized spacial score (nSPS) is 9.57. The van der Waals surface area contributed by atoms with Crippen molar-refractivity contribution in [3.8, 4) is 17.6 Å². The topological polar surface area (TPSA) is 100 Å². The van der Waals surface area contributed by atoms with Crippen LogP contribution in [0.1, 0.15) is 19.8 Å². The molecule has 0 saturated carbocycles. The molecule has 0 unspecified atom stereocenters. The summed E-state index contributed by atoms with van der Waals surface area (Å²) in [5.74, 6) is 0.561. The first-order chi connectivity index (χ1) is 11.2. The van der Waals surface area contributed by atoms with Gasteiger partial charge >= 0.3 is 0 Å². The summed E-state index contributed by atoms with van der Waals surface area (Å²) in [6.07, 6.45) is 0.428. The first kappa shape index (κ1) is 18.3. The van der Waals surface area contributed by atoms with Crippen LogP contribution >= 0.6 is 0 Å². The average Bonchev–Trinajstić information content (AvgIpc) is 2.54. The van der Waals surface area contributed by atoms with Crippen LogP contribution in [-0.4, -0.2) is 38.1 Å². The maximum atomic E-state index is 11.7. The van der Waals surface area contributed by atoms with Gasteiger partial charge in [0.2, 0.25) is 5.91 Å². The molecule has 0 atom stereocenters. The van der Waals surface area contributed by atoms with E-state index in [1.807, 2.05) is 13.0 Å². The first-order valence-corrected chi connectivity index (χ1v) is 7.42. The Bertz CT molecular complexity index is 555. The molecule has 1 aromatic carbocycles. The molecule has 0 aliphatic carbocycles. The van der Waals surface area contributed by atoms with Crippen molar-refractivity contribution in [2.75, 3.05) is 26.3 Å². The maximum absolute atomic E-state index is 11.7. The van der Waals surface area contributed by atoms with Crippen molar-refractivity contribution in [2.45, 2.75) is 19.8 Å². The Labute approximate surface area is 135 Å². The lowest BCUT2D eigenvalue weighted by molar-refractivity contribution is -0.123. The molecule has 0 fully saturated rings. The molecule has 0 spiro atoms. The second-order valence-corrected chi connectivity index (χ2v) is 4.56. The molecule has 7 nitrogen and oxygen atoms in total. The third-order valence-electron chi connectivity index (χ3n) is 2.75. The van der Waals surface area contributed by atoms with Gasteiger partial charge in [-0.2, -0.15) is 5.26 Å². The molecule has 124 valence electrons. The predicted octanol–water partition coefficient (Wildman–Crippen LogP) is 1.00. The van der Waals surface area contributed by atoms with Gasteiger partial charge in [-0.05, 0) is 25.5 Å². The highest BCUT2D eigenvalue weighted by molar-refractivity contribution is 5.78. The molecule has 0 saturated heterocycles. The molecule has 1 rings (SSSR count). The number of nitrogens with one attached hydrogen (secondary N) is 2. The van der Waals surface area contributed by atoms with Crippen molar-refractivity contribution >= 4 is 11.8 Å². The highest BCUT2D eigenvalue weighted by Crippen LogP contribution is 2.26. The summed E-state index contributed by atoms with van der Waals surface area (Å²) in [4.78, 5) is 22.7. The predicted molar refractivity (Wildman–Crippen MR) is 84.0 cm³/mol. The van der Waals surface area contributed by atoms with Crippen LogP contribution < -0.4 is 20.1 Å². The number of ether oxygens (including phenoxy) is 2. The third kappa shape index (κ3) is 7.71. The van der Waals surface area contributed by atoms with Gasteiger partial charge in [-0.3, -0.25) is 9.59 Å². The number of para-hydroxylation sites is 2. The number of hydrogen-bond donors (Lipinski definition) is 2. The zero-order valence-electron chi connectivity index (χ0n) is 13.1. The van der Waals surface area contributed by atoms with Crippen LogP contribution in [0, 0.1) is 11.3 Å². The largest absolute Gasteiger partial charge is 0.490 e. The lowest BCUT2D eigenvalue weighted by Crippen LogP contribution is -2.32. The third-order valence-corrected chi connectivity index (χ3v) is 2.75. The number of benzene rings is 1. The van der Waals surface area contributed by atoms with Crippen LogP contribution in [0.5, 0.6) is 11.5 Å². The van der Waals surface area contributed by atoms with Crippen LogP contribution in [0.2, 0.25) is 0 Å². The molecule has 0 heterocycles. The Morgan fingerprint density at radius 1 is 1.09 bits per heavy atom.